The van der Waals surface area contributed by atoms with Crippen LogP contribution in [0.25, 0.3) is 0 Å². The highest BCUT2D eigenvalue weighted by atomic mass is 31.2. The highest BCUT2D eigenvalue weighted by molar-refractivity contribution is 7.64. The second kappa shape index (κ2) is 9.75. The molecule has 0 fully saturated rings. The summed E-state index contributed by atoms with van der Waals surface area (Å²) in [5.41, 5.74) is 1.57. The first-order valence-electron chi connectivity index (χ1n) is 9.40. The van der Waals surface area contributed by atoms with Crippen molar-refractivity contribution in [1.82, 2.24) is 9.97 Å². The van der Waals surface area contributed by atoms with Crippen molar-refractivity contribution in [2.75, 3.05) is 31.3 Å². The molecule has 0 amide bonds. The zero-order chi connectivity index (χ0) is 19.9. The molecule has 2 rings (SSSR count). The van der Waals surface area contributed by atoms with Crippen molar-refractivity contribution in [1.29, 1.82) is 0 Å². The zero-order valence-corrected chi connectivity index (χ0v) is 17.5. The molecule has 1 heterocycles. The number of phenols is 1. The fraction of sp³-hybridized carbons (Fsp3) is 0.500. The smallest absolute Gasteiger partial charge is 0.160 e. The van der Waals surface area contributed by atoms with Gasteiger partial charge in [0.15, 0.2) is 11.5 Å². The van der Waals surface area contributed by atoms with Gasteiger partial charge >= 0.3 is 0 Å². The molecule has 1 aromatic heterocycles. The first kappa shape index (κ1) is 21.2. The Labute approximate surface area is 161 Å². The van der Waals surface area contributed by atoms with Gasteiger partial charge in [-0.25, -0.2) is 4.98 Å². The molecule has 1 aromatic carbocycles. The number of hydrogen-bond acceptors (Lipinski definition) is 6. The molecule has 0 aliphatic carbocycles. The van der Waals surface area contributed by atoms with Crippen LogP contribution < -0.4 is 10.1 Å². The Bertz CT molecular complexity index is 771. The van der Waals surface area contributed by atoms with E-state index in [9.17, 15) is 9.67 Å². The van der Waals surface area contributed by atoms with Gasteiger partial charge in [-0.3, -0.25) is 4.98 Å². The number of ether oxygens (including phenoxy) is 1. The van der Waals surface area contributed by atoms with Crippen molar-refractivity contribution in [2.24, 2.45) is 0 Å². The van der Waals surface area contributed by atoms with Gasteiger partial charge in [0.25, 0.3) is 0 Å². The summed E-state index contributed by atoms with van der Waals surface area (Å²) in [4.78, 5) is 8.59. The third kappa shape index (κ3) is 5.46. The topological polar surface area (TPSA) is 84.3 Å². The van der Waals surface area contributed by atoms with Crippen molar-refractivity contribution in [3.63, 3.8) is 0 Å². The van der Waals surface area contributed by atoms with E-state index in [-0.39, 0.29) is 11.4 Å². The summed E-state index contributed by atoms with van der Waals surface area (Å²) in [6.07, 6.45) is 6.51. The van der Waals surface area contributed by atoms with E-state index in [1.807, 2.05) is 13.0 Å². The monoisotopic (exact) mass is 391 g/mol. The van der Waals surface area contributed by atoms with Gasteiger partial charge in [0.05, 0.1) is 38.0 Å². The maximum absolute atomic E-state index is 13.9. The van der Waals surface area contributed by atoms with Gasteiger partial charge < -0.3 is 19.7 Å². The van der Waals surface area contributed by atoms with E-state index in [0.717, 1.165) is 24.1 Å². The van der Waals surface area contributed by atoms with Crippen molar-refractivity contribution < 1.29 is 14.4 Å². The maximum Gasteiger partial charge on any atom is 0.160 e. The minimum Gasteiger partial charge on any atom is -0.504 e. The number of anilines is 1. The molecule has 0 saturated heterocycles. The number of methoxy groups -OCH3 is 1. The zero-order valence-electron chi connectivity index (χ0n) is 16.6. The molecule has 27 heavy (non-hydrogen) atoms. The van der Waals surface area contributed by atoms with Gasteiger partial charge in [0, 0.05) is 18.9 Å². The van der Waals surface area contributed by atoms with Crippen LogP contribution in [-0.2, 0) is 4.57 Å². The summed E-state index contributed by atoms with van der Waals surface area (Å²) in [5, 5.41) is 13.2. The molecular formula is C20H30N3O3P. The molecule has 2 N–H and O–H groups in total. The molecule has 0 aliphatic heterocycles. The third-order valence-electron chi connectivity index (χ3n) is 4.62. The van der Waals surface area contributed by atoms with Crippen LogP contribution in [0.2, 0.25) is 0 Å². The van der Waals surface area contributed by atoms with Gasteiger partial charge in [-0.2, -0.15) is 0 Å². The number of aromatic nitrogens is 2. The van der Waals surface area contributed by atoms with Crippen molar-refractivity contribution >= 4 is 13.0 Å². The van der Waals surface area contributed by atoms with Gasteiger partial charge in [-0.15, -0.1) is 0 Å². The quantitative estimate of drug-likeness (QED) is 0.564. The lowest BCUT2D eigenvalue weighted by molar-refractivity contribution is 0.373. The summed E-state index contributed by atoms with van der Waals surface area (Å²) >= 11 is 0. The van der Waals surface area contributed by atoms with Crippen LogP contribution in [0.3, 0.4) is 0 Å². The highest BCUT2D eigenvalue weighted by Gasteiger charge is 2.33. The van der Waals surface area contributed by atoms with E-state index in [1.54, 1.807) is 24.5 Å². The van der Waals surface area contributed by atoms with Crippen LogP contribution in [0, 0.1) is 6.92 Å². The molecule has 0 saturated carbocycles. The average Bonchev–Trinajstić information content (AvgIpc) is 2.65. The lowest BCUT2D eigenvalue weighted by atomic mass is 10.1. The number of aryl methyl sites for hydroxylation is 1. The molecule has 0 aliphatic rings. The minimum absolute atomic E-state index is 0.0816. The van der Waals surface area contributed by atoms with Crippen molar-refractivity contribution in [3.8, 4) is 11.5 Å². The Balaban J connectivity index is 2.37. The highest BCUT2D eigenvalue weighted by Crippen LogP contribution is 2.60. The summed E-state index contributed by atoms with van der Waals surface area (Å²) in [5.74, 6) is 1.14. The van der Waals surface area contributed by atoms with E-state index >= 15 is 0 Å². The van der Waals surface area contributed by atoms with Gasteiger partial charge in [0.1, 0.15) is 5.82 Å². The van der Waals surface area contributed by atoms with Crippen LogP contribution in [0.15, 0.2) is 30.6 Å². The van der Waals surface area contributed by atoms with E-state index in [4.69, 9.17) is 4.74 Å². The lowest BCUT2D eigenvalue weighted by Crippen LogP contribution is -2.17. The summed E-state index contributed by atoms with van der Waals surface area (Å²) < 4.78 is 19.2. The summed E-state index contributed by atoms with van der Waals surface area (Å²) in [7, 11) is -0.972. The Kier molecular flexibility index (Phi) is 7.66. The average molecular weight is 391 g/mol. The molecule has 1 unspecified atom stereocenters. The largest absolute Gasteiger partial charge is 0.504 e. The number of hydrogen-bond donors (Lipinski definition) is 2. The first-order valence-corrected chi connectivity index (χ1v) is 11.5. The summed E-state index contributed by atoms with van der Waals surface area (Å²) in [6, 6.07) is 5.23. The molecule has 148 valence electrons. The SMILES string of the molecule is CCCP(=O)(CCC)C(CNc1cnc(C)cn1)c1ccc(O)c(OC)c1. The fourth-order valence-electron chi connectivity index (χ4n) is 3.32. The Morgan fingerprint density at radius 3 is 2.44 bits per heavy atom. The van der Waals surface area contributed by atoms with Crippen molar-refractivity contribution in [3.05, 3.63) is 41.9 Å². The standard InChI is InChI=1S/C20H30N3O3P/c1-5-9-27(25,10-6-2)19(13-23-20-14-21-15(3)12-22-20)16-7-8-17(24)18(11-16)26-4/h7-8,11-12,14,19,24H,5-6,9-10,13H2,1-4H3,(H,22,23). The number of phenolic OH excluding ortho intramolecular Hbond substituents is 1. The van der Waals surface area contributed by atoms with Crippen molar-refractivity contribution in [2.45, 2.75) is 39.3 Å². The number of benzene rings is 1. The molecule has 6 nitrogen and oxygen atoms in total. The van der Waals surface area contributed by atoms with E-state index in [0.29, 0.717) is 30.4 Å². The second-order valence-electron chi connectivity index (χ2n) is 6.77. The molecule has 2 aromatic rings. The number of nitrogens with one attached hydrogen (secondary N) is 1. The Morgan fingerprint density at radius 1 is 1.19 bits per heavy atom. The van der Waals surface area contributed by atoms with Crippen LogP contribution in [0.1, 0.15) is 43.6 Å². The van der Waals surface area contributed by atoms with Gasteiger partial charge in [-0.05, 0) is 37.5 Å². The molecular weight excluding hydrogens is 361 g/mol. The predicted molar refractivity (Wildman–Crippen MR) is 111 cm³/mol. The molecule has 1 atom stereocenters. The van der Waals surface area contributed by atoms with E-state index < -0.39 is 7.14 Å². The molecule has 0 radical (unpaired) electrons. The fourth-order valence-corrected chi connectivity index (χ4v) is 6.81. The number of aromatic hydroxyl groups is 1. The lowest BCUT2D eigenvalue weighted by Gasteiger charge is -2.29. The molecule has 0 bridgehead atoms. The Morgan fingerprint density at radius 2 is 1.89 bits per heavy atom. The third-order valence-corrected chi connectivity index (χ3v) is 8.64. The molecule has 0 spiro atoms. The number of rotatable bonds is 10. The van der Waals surface area contributed by atoms with Crippen LogP contribution in [0.5, 0.6) is 11.5 Å². The normalized spacial score (nSPS) is 12.6. The molecule has 7 heteroatoms. The summed E-state index contributed by atoms with van der Waals surface area (Å²) in [6.45, 7) is 6.51. The van der Waals surface area contributed by atoms with Crippen LogP contribution in [0.4, 0.5) is 5.82 Å². The Hall–Kier alpha value is -2.07. The second-order valence-corrected chi connectivity index (χ2v) is 10.2. The van der Waals surface area contributed by atoms with E-state index in [2.05, 4.69) is 29.1 Å². The van der Waals surface area contributed by atoms with Crippen LogP contribution >= 0.6 is 7.14 Å². The maximum atomic E-state index is 13.9. The van der Waals surface area contributed by atoms with Gasteiger partial charge in [-0.1, -0.05) is 19.9 Å². The predicted octanol–water partition coefficient (Wildman–Crippen LogP) is 4.84. The minimum atomic E-state index is -2.49. The first-order chi connectivity index (χ1) is 12.9. The van der Waals surface area contributed by atoms with Crippen LogP contribution in [-0.4, -0.2) is 41.1 Å². The van der Waals surface area contributed by atoms with Gasteiger partial charge in [0.2, 0.25) is 0 Å². The number of nitrogens with zero attached hydrogens (tertiary/aromatic N) is 2. The van der Waals surface area contributed by atoms with E-state index in [1.165, 1.54) is 7.11 Å².